The Morgan fingerprint density at radius 1 is 1.21 bits per heavy atom. The Morgan fingerprint density at radius 2 is 1.79 bits per heavy atom. The van der Waals surface area contributed by atoms with Crippen LogP contribution in [0.4, 0.5) is 5.69 Å². The summed E-state index contributed by atoms with van der Waals surface area (Å²) in [4.78, 5) is 10.8. The van der Waals surface area contributed by atoms with Crippen molar-refractivity contribution in [2.24, 2.45) is 0 Å². The van der Waals surface area contributed by atoms with Gasteiger partial charge in [0.05, 0.1) is 15.9 Å². The second kappa shape index (κ2) is 7.34. The molecular weight excluding hydrogens is 326 g/mol. The fourth-order valence-electron chi connectivity index (χ4n) is 2.25. The van der Waals surface area contributed by atoms with Crippen molar-refractivity contribution in [2.45, 2.75) is 30.7 Å². The molecule has 0 aromatic heterocycles. The molecule has 2 rings (SSSR count). The minimum Gasteiger partial charge on any atom is -0.258 e. The number of nitrogens with one attached hydrogen (secondary N) is 1. The number of hydrogen-bond acceptors (Lipinski definition) is 4. The summed E-state index contributed by atoms with van der Waals surface area (Å²) in [5.41, 5.74) is 0.346. The Kier molecular flexibility index (Phi) is 5.44. The van der Waals surface area contributed by atoms with Crippen molar-refractivity contribution in [1.82, 2.24) is 4.72 Å². The van der Waals surface area contributed by atoms with Gasteiger partial charge in [0.25, 0.3) is 5.69 Å². The Balaban J connectivity index is 2.33. The van der Waals surface area contributed by atoms with Gasteiger partial charge in [0.15, 0.2) is 0 Å². The second-order valence-corrected chi connectivity index (χ2v) is 6.57. The zero-order chi connectivity index (χ0) is 17.7. The van der Waals surface area contributed by atoms with Crippen molar-refractivity contribution in [1.29, 1.82) is 5.26 Å². The first-order chi connectivity index (χ1) is 11.4. The quantitative estimate of drug-likeness (QED) is 0.642. The van der Waals surface area contributed by atoms with Gasteiger partial charge in [-0.25, -0.2) is 8.93 Å². The van der Waals surface area contributed by atoms with E-state index in [0.29, 0.717) is 16.9 Å². The number of non-ortho nitro benzene ring substituents is 1. The summed E-state index contributed by atoms with van der Waals surface area (Å²) in [5.74, 6) is 0. The van der Waals surface area contributed by atoms with Gasteiger partial charge in [0.1, 0.15) is 16.5 Å². The standard InChI is InChI=1S/C17H17N3O3S/c1-3-17(12-18,14-6-8-15(9-7-14)20(21)22)19-24(23)16-10-4-13(2)5-11-16/h4-11,19H,3H2,1-2H3/t17-,24-/m0/s1. The lowest BCUT2D eigenvalue weighted by Gasteiger charge is -2.26. The molecule has 0 aliphatic carbocycles. The van der Waals surface area contributed by atoms with Crippen LogP contribution in [0.5, 0.6) is 0 Å². The molecule has 0 saturated heterocycles. The summed E-state index contributed by atoms with van der Waals surface area (Å²) < 4.78 is 15.5. The van der Waals surface area contributed by atoms with Crippen LogP contribution in [0, 0.1) is 28.4 Å². The molecule has 0 radical (unpaired) electrons. The van der Waals surface area contributed by atoms with Crippen molar-refractivity contribution in [3.63, 3.8) is 0 Å². The Labute approximate surface area is 142 Å². The van der Waals surface area contributed by atoms with Gasteiger partial charge in [-0.15, -0.1) is 0 Å². The molecule has 7 heteroatoms. The van der Waals surface area contributed by atoms with E-state index in [2.05, 4.69) is 10.8 Å². The number of nitriles is 1. The van der Waals surface area contributed by atoms with Crippen molar-refractivity contribution in [3.8, 4) is 6.07 Å². The van der Waals surface area contributed by atoms with Crippen LogP contribution in [0.25, 0.3) is 0 Å². The first-order valence-electron chi connectivity index (χ1n) is 7.34. The number of hydrogen-bond donors (Lipinski definition) is 1. The molecule has 0 aliphatic rings. The molecule has 0 saturated carbocycles. The van der Waals surface area contributed by atoms with Gasteiger partial charge in [-0.3, -0.25) is 10.1 Å². The third kappa shape index (κ3) is 3.67. The number of benzene rings is 2. The van der Waals surface area contributed by atoms with Crippen LogP contribution in [0.1, 0.15) is 24.5 Å². The topological polar surface area (TPSA) is 96.0 Å². The number of nitro groups is 1. The van der Waals surface area contributed by atoms with Crippen LogP contribution in [0.3, 0.4) is 0 Å². The summed E-state index contributed by atoms with van der Waals surface area (Å²) in [5, 5.41) is 20.4. The van der Waals surface area contributed by atoms with E-state index in [9.17, 15) is 19.6 Å². The Hall–Kier alpha value is -2.56. The maximum atomic E-state index is 12.6. The fraction of sp³-hybridized carbons (Fsp3) is 0.235. The average molecular weight is 343 g/mol. The molecule has 0 unspecified atom stereocenters. The van der Waals surface area contributed by atoms with Gasteiger partial charge < -0.3 is 0 Å². The summed E-state index contributed by atoms with van der Waals surface area (Å²) >= 11 is 0. The van der Waals surface area contributed by atoms with Crippen LogP contribution >= 0.6 is 0 Å². The highest BCUT2D eigenvalue weighted by Gasteiger charge is 2.33. The first-order valence-corrected chi connectivity index (χ1v) is 8.49. The molecule has 0 heterocycles. The largest absolute Gasteiger partial charge is 0.269 e. The lowest BCUT2D eigenvalue weighted by atomic mass is 9.90. The minimum absolute atomic E-state index is 0.0543. The smallest absolute Gasteiger partial charge is 0.258 e. The monoisotopic (exact) mass is 343 g/mol. The Bertz CT molecular complexity index is 797. The lowest BCUT2D eigenvalue weighted by molar-refractivity contribution is -0.384. The SMILES string of the molecule is CC[C@@](C#N)(N[S@@](=O)c1ccc(C)cc1)c1ccc([N+](=O)[O-])cc1. The predicted molar refractivity (Wildman–Crippen MR) is 91.4 cm³/mol. The van der Waals surface area contributed by atoms with E-state index in [0.717, 1.165) is 5.56 Å². The van der Waals surface area contributed by atoms with E-state index in [1.165, 1.54) is 24.3 Å². The molecule has 6 nitrogen and oxygen atoms in total. The molecule has 0 amide bonds. The minimum atomic E-state index is -1.58. The fourth-order valence-corrected chi connectivity index (χ4v) is 3.37. The number of nitro benzene ring substituents is 1. The van der Waals surface area contributed by atoms with Gasteiger partial charge >= 0.3 is 0 Å². The molecule has 2 atom stereocenters. The zero-order valence-corrected chi connectivity index (χ0v) is 14.2. The molecule has 0 spiro atoms. The molecule has 0 bridgehead atoms. The zero-order valence-electron chi connectivity index (χ0n) is 13.4. The molecule has 2 aromatic rings. The van der Waals surface area contributed by atoms with E-state index in [4.69, 9.17) is 0 Å². The normalized spacial score (nSPS) is 14.4. The summed E-state index contributed by atoms with van der Waals surface area (Å²) in [6.45, 7) is 3.73. The highest BCUT2D eigenvalue weighted by atomic mass is 32.2. The third-order valence-electron chi connectivity index (χ3n) is 3.79. The third-order valence-corrected chi connectivity index (χ3v) is 5.03. The number of rotatable bonds is 6. The van der Waals surface area contributed by atoms with Crippen LogP contribution in [-0.4, -0.2) is 9.13 Å². The van der Waals surface area contributed by atoms with Gasteiger partial charge in [-0.1, -0.05) is 24.6 Å². The van der Waals surface area contributed by atoms with Gasteiger partial charge in [0, 0.05) is 12.1 Å². The molecule has 0 fully saturated rings. The Morgan fingerprint density at radius 3 is 2.25 bits per heavy atom. The highest BCUT2D eigenvalue weighted by Crippen LogP contribution is 2.27. The van der Waals surface area contributed by atoms with Crippen LogP contribution < -0.4 is 4.72 Å². The second-order valence-electron chi connectivity index (χ2n) is 5.36. The van der Waals surface area contributed by atoms with Crippen molar-refractivity contribution < 1.29 is 9.13 Å². The van der Waals surface area contributed by atoms with Crippen LogP contribution in [0.15, 0.2) is 53.4 Å². The highest BCUT2D eigenvalue weighted by molar-refractivity contribution is 7.83. The molecule has 2 aromatic carbocycles. The van der Waals surface area contributed by atoms with Crippen LogP contribution in [-0.2, 0) is 16.5 Å². The van der Waals surface area contributed by atoms with Crippen molar-refractivity contribution in [2.75, 3.05) is 0 Å². The van der Waals surface area contributed by atoms with E-state index in [1.54, 1.807) is 19.1 Å². The average Bonchev–Trinajstić information content (AvgIpc) is 2.60. The first kappa shape index (κ1) is 17.8. The van der Waals surface area contributed by atoms with Crippen LogP contribution in [0.2, 0.25) is 0 Å². The van der Waals surface area contributed by atoms with E-state index in [1.807, 2.05) is 19.1 Å². The maximum Gasteiger partial charge on any atom is 0.269 e. The summed E-state index contributed by atoms with van der Waals surface area (Å²) in [6, 6.07) is 15.1. The maximum absolute atomic E-state index is 12.6. The lowest BCUT2D eigenvalue weighted by Crippen LogP contribution is -2.41. The summed E-state index contributed by atoms with van der Waals surface area (Å²) in [6.07, 6.45) is 0.360. The molecular formula is C17H17N3O3S. The summed E-state index contributed by atoms with van der Waals surface area (Å²) in [7, 11) is -1.58. The van der Waals surface area contributed by atoms with Crippen molar-refractivity contribution >= 4 is 16.7 Å². The molecule has 1 N–H and O–H groups in total. The number of nitrogens with zero attached hydrogens (tertiary/aromatic N) is 2. The van der Waals surface area contributed by atoms with Crippen molar-refractivity contribution in [3.05, 3.63) is 69.8 Å². The van der Waals surface area contributed by atoms with Gasteiger partial charge in [-0.2, -0.15) is 5.26 Å². The van der Waals surface area contributed by atoms with Gasteiger partial charge in [0.2, 0.25) is 0 Å². The van der Waals surface area contributed by atoms with E-state index >= 15 is 0 Å². The number of aryl methyl sites for hydroxylation is 1. The predicted octanol–water partition coefficient (Wildman–Crippen LogP) is 3.34. The molecule has 24 heavy (non-hydrogen) atoms. The molecule has 124 valence electrons. The van der Waals surface area contributed by atoms with E-state index < -0.39 is 21.4 Å². The van der Waals surface area contributed by atoms with E-state index in [-0.39, 0.29) is 5.69 Å². The molecule has 0 aliphatic heterocycles. The van der Waals surface area contributed by atoms with Gasteiger partial charge in [-0.05, 0) is 43.2 Å².